The molecule has 0 aromatic carbocycles. The van der Waals surface area contributed by atoms with Gasteiger partial charge in [-0.05, 0) is 67.2 Å². The molecule has 1 N–H and O–H groups in total. The zero-order valence-electron chi connectivity index (χ0n) is 13.8. The molecule has 1 rings (SSSR count). The van der Waals surface area contributed by atoms with Crippen molar-refractivity contribution < 1.29 is 13.7 Å². The molecule has 1 aliphatic carbocycles. The Morgan fingerprint density at radius 2 is 1.65 bits per heavy atom. The maximum atomic E-state index is 12.3. The average Bonchev–Trinajstić information content (AvgIpc) is 2.93. The van der Waals surface area contributed by atoms with Gasteiger partial charge in [-0.25, -0.2) is 8.93 Å². The lowest BCUT2D eigenvalue weighted by Gasteiger charge is -2.33. The maximum absolute atomic E-state index is 12.3. The minimum atomic E-state index is -1.18. The summed E-state index contributed by atoms with van der Waals surface area (Å²) in [6.45, 7) is 13.4. The van der Waals surface area contributed by atoms with E-state index < -0.39 is 22.1 Å². The molecule has 4 nitrogen and oxygen atoms in total. The Morgan fingerprint density at radius 1 is 1.15 bits per heavy atom. The van der Waals surface area contributed by atoms with E-state index in [1.807, 2.05) is 48.5 Å². The predicted molar refractivity (Wildman–Crippen MR) is 82.6 cm³/mol. The van der Waals surface area contributed by atoms with Crippen molar-refractivity contribution in [2.75, 3.05) is 0 Å². The Morgan fingerprint density at radius 3 is 2.00 bits per heavy atom. The lowest BCUT2D eigenvalue weighted by atomic mass is 9.93. The fourth-order valence-electron chi connectivity index (χ4n) is 2.03. The van der Waals surface area contributed by atoms with Crippen molar-refractivity contribution >= 4 is 17.0 Å². The van der Waals surface area contributed by atoms with Crippen molar-refractivity contribution in [1.29, 1.82) is 0 Å². The summed E-state index contributed by atoms with van der Waals surface area (Å²) >= 11 is 0. The Bertz CT molecular complexity index is 391. The summed E-state index contributed by atoms with van der Waals surface area (Å²) in [6.07, 6.45) is 2.41. The molecule has 0 aliphatic heterocycles. The van der Waals surface area contributed by atoms with Crippen molar-refractivity contribution in [3.05, 3.63) is 0 Å². The Hall–Kier alpha value is -0.420. The first kappa shape index (κ1) is 17.6. The molecule has 0 aromatic rings. The van der Waals surface area contributed by atoms with E-state index in [9.17, 15) is 9.00 Å². The largest absolute Gasteiger partial charge is 0.460 e. The van der Waals surface area contributed by atoms with Crippen LogP contribution in [0.5, 0.6) is 0 Å². The van der Waals surface area contributed by atoms with Crippen LogP contribution in [-0.2, 0) is 20.5 Å². The van der Waals surface area contributed by atoms with Gasteiger partial charge in [0.1, 0.15) is 5.60 Å². The van der Waals surface area contributed by atoms with Crippen LogP contribution in [0, 0.1) is 5.92 Å². The zero-order chi connectivity index (χ0) is 15.8. The summed E-state index contributed by atoms with van der Waals surface area (Å²) in [7, 11) is -1.18. The number of nitrogens with one attached hydrogen (secondary N) is 1. The Kier molecular flexibility index (Phi) is 5.08. The lowest BCUT2D eigenvalue weighted by molar-refractivity contribution is -0.156. The van der Waals surface area contributed by atoms with Gasteiger partial charge in [-0.3, -0.25) is 4.79 Å². The third kappa shape index (κ3) is 5.52. The SMILES string of the molecule is CC(C)(C)OC(=O)C[C@](C)(N[S@](=O)C(C)(C)C)C1CC1. The van der Waals surface area contributed by atoms with E-state index in [2.05, 4.69) is 4.72 Å². The highest BCUT2D eigenvalue weighted by Gasteiger charge is 2.45. The molecule has 0 radical (unpaired) electrons. The summed E-state index contributed by atoms with van der Waals surface area (Å²) in [4.78, 5) is 12.1. The van der Waals surface area contributed by atoms with Crippen molar-refractivity contribution in [3.63, 3.8) is 0 Å². The van der Waals surface area contributed by atoms with E-state index in [0.29, 0.717) is 5.92 Å². The number of carbonyl (C=O) groups excluding carboxylic acids is 1. The predicted octanol–water partition coefficient (Wildman–Crippen LogP) is 2.94. The molecule has 0 bridgehead atoms. The van der Waals surface area contributed by atoms with E-state index in [4.69, 9.17) is 4.74 Å². The molecule has 0 saturated heterocycles. The monoisotopic (exact) mass is 303 g/mol. The van der Waals surface area contributed by atoms with E-state index >= 15 is 0 Å². The second kappa shape index (κ2) is 5.76. The highest BCUT2D eigenvalue weighted by Crippen LogP contribution is 2.42. The highest BCUT2D eigenvalue weighted by atomic mass is 32.2. The van der Waals surface area contributed by atoms with Gasteiger partial charge in [0.25, 0.3) is 0 Å². The number of esters is 1. The van der Waals surface area contributed by atoms with Gasteiger partial charge < -0.3 is 4.74 Å². The van der Waals surface area contributed by atoms with Crippen LogP contribution in [0.3, 0.4) is 0 Å². The van der Waals surface area contributed by atoms with Gasteiger partial charge in [0.15, 0.2) is 0 Å². The number of hydrogen-bond acceptors (Lipinski definition) is 3. The lowest BCUT2D eigenvalue weighted by Crippen LogP contribution is -2.51. The third-order valence-electron chi connectivity index (χ3n) is 3.29. The molecule has 118 valence electrons. The summed E-state index contributed by atoms with van der Waals surface area (Å²) in [5.41, 5.74) is -0.925. The molecule has 0 heterocycles. The summed E-state index contributed by atoms with van der Waals surface area (Å²) < 4.78 is 20.6. The average molecular weight is 303 g/mol. The minimum absolute atomic E-state index is 0.231. The molecular weight excluding hydrogens is 274 g/mol. The van der Waals surface area contributed by atoms with Crippen LogP contribution >= 0.6 is 0 Å². The first-order chi connectivity index (χ1) is 8.83. The van der Waals surface area contributed by atoms with Crippen LogP contribution in [0.2, 0.25) is 0 Å². The summed E-state index contributed by atoms with van der Waals surface area (Å²) in [5, 5.41) is 0. The first-order valence-electron chi connectivity index (χ1n) is 7.25. The Balaban J connectivity index is 2.73. The molecule has 2 atom stereocenters. The van der Waals surface area contributed by atoms with Gasteiger partial charge in [0, 0.05) is 5.54 Å². The summed E-state index contributed by atoms with van der Waals surface area (Å²) in [6, 6.07) is 0. The normalized spacial score (nSPS) is 21.1. The smallest absolute Gasteiger partial charge is 0.308 e. The topological polar surface area (TPSA) is 55.4 Å². The van der Waals surface area contributed by atoms with E-state index in [0.717, 1.165) is 12.8 Å². The molecule has 0 unspecified atom stereocenters. The zero-order valence-corrected chi connectivity index (χ0v) is 14.6. The fraction of sp³-hybridized carbons (Fsp3) is 0.933. The maximum Gasteiger partial charge on any atom is 0.308 e. The third-order valence-corrected chi connectivity index (χ3v) is 5.06. The van der Waals surface area contributed by atoms with Crippen LogP contribution in [0.4, 0.5) is 0 Å². The van der Waals surface area contributed by atoms with Crippen LogP contribution in [0.1, 0.15) is 67.7 Å². The highest BCUT2D eigenvalue weighted by molar-refractivity contribution is 7.84. The van der Waals surface area contributed by atoms with Crippen LogP contribution in [0.25, 0.3) is 0 Å². The minimum Gasteiger partial charge on any atom is -0.460 e. The van der Waals surface area contributed by atoms with Crippen LogP contribution in [-0.4, -0.2) is 26.1 Å². The molecule has 20 heavy (non-hydrogen) atoms. The molecule has 1 saturated carbocycles. The molecule has 0 spiro atoms. The summed E-state index contributed by atoms with van der Waals surface area (Å²) in [5.74, 6) is 0.173. The second-order valence-electron chi connectivity index (χ2n) is 7.94. The van der Waals surface area contributed by atoms with Gasteiger partial charge in [-0.15, -0.1) is 0 Å². The van der Waals surface area contributed by atoms with Crippen molar-refractivity contribution in [2.24, 2.45) is 5.92 Å². The van der Waals surface area contributed by atoms with Gasteiger partial charge in [-0.2, -0.15) is 0 Å². The van der Waals surface area contributed by atoms with Gasteiger partial charge in [-0.1, -0.05) is 0 Å². The van der Waals surface area contributed by atoms with Gasteiger partial charge in [0.05, 0.1) is 22.2 Å². The Labute approximate surface area is 125 Å². The van der Waals surface area contributed by atoms with Gasteiger partial charge >= 0.3 is 5.97 Å². The molecule has 1 fully saturated rings. The van der Waals surface area contributed by atoms with Crippen molar-refractivity contribution in [3.8, 4) is 0 Å². The molecule has 0 aromatic heterocycles. The number of carbonyl (C=O) groups is 1. The van der Waals surface area contributed by atoms with Crippen LogP contribution < -0.4 is 4.72 Å². The molecular formula is C15H29NO3S. The molecule has 5 heteroatoms. The fourth-order valence-corrected chi connectivity index (χ4v) is 3.00. The second-order valence-corrected chi connectivity index (χ2v) is 9.90. The van der Waals surface area contributed by atoms with Gasteiger partial charge in [0.2, 0.25) is 0 Å². The van der Waals surface area contributed by atoms with E-state index in [1.54, 1.807) is 0 Å². The first-order valence-corrected chi connectivity index (χ1v) is 8.40. The van der Waals surface area contributed by atoms with Crippen molar-refractivity contribution in [2.45, 2.75) is 83.6 Å². The number of rotatable bonds is 5. The molecule has 1 aliphatic rings. The quantitative estimate of drug-likeness (QED) is 0.795. The number of hydrogen-bond donors (Lipinski definition) is 1. The number of ether oxygens (including phenoxy) is 1. The van der Waals surface area contributed by atoms with Crippen molar-refractivity contribution in [1.82, 2.24) is 4.72 Å². The standard InChI is InChI=1S/C15H29NO3S/c1-13(2,3)19-12(17)10-15(7,11-8-9-11)16-20(18)14(4,5)6/h11,16H,8-10H2,1-7H3/t15-,20+/m0/s1. The van der Waals surface area contributed by atoms with E-state index in [-0.39, 0.29) is 17.1 Å². The molecule has 0 amide bonds. The van der Waals surface area contributed by atoms with Crippen LogP contribution in [0.15, 0.2) is 0 Å². The van der Waals surface area contributed by atoms with E-state index in [1.165, 1.54) is 0 Å².